The monoisotopic (exact) mass is 296 g/mol. The molecular formula is C15H21ClN2O2. The third-order valence-electron chi connectivity index (χ3n) is 3.77. The van der Waals surface area contributed by atoms with Crippen LogP contribution in [0.3, 0.4) is 0 Å². The van der Waals surface area contributed by atoms with E-state index in [1.807, 2.05) is 4.90 Å². The summed E-state index contributed by atoms with van der Waals surface area (Å²) in [7, 11) is 0. The summed E-state index contributed by atoms with van der Waals surface area (Å²) in [5, 5.41) is 12.8. The fourth-order valence-corrected chi connectivity index (χ4v) is 2.73. The van der Waals surface area contributed by atoms with Crippen LogP contribution in [0.25, 0.3) is 0 Å². The molecule has 5 heteroatoms. The molecule has 2 rings (SSSR count). The van der Waals surface area contributed by atoms with Gasteiger partial charge in [-0.2, -0.15) is 0 Å². The van der Waals surface area contributed by atoms with Crippen LogP contribution in [0.2, 0.25) is 5.02 Å². The van der Waals surface area contributed by atoms with Crippen molar-refractivity contribution in [3.05, 3.63) is 28.8 Å². The van der Waals surface area contributed by atoms with Crippen LogP contribution in [0, 0.1) is 0 Å². The molecule has 1 atom stereocenters. The van der Waals surface area contributed by atoms with E-state index < -0.39 is 0 Å². The minimum Gasteiger partial charge on any atom is -0.392 e. The molecule has 0 bridgehead atoms. The van der Waals surface area contributed by atoms with Gasteiger partial charge < -0.3 is 15.3 Å². The first-order valence-corrected chi connectivity index (χ1v) is 7.42. The summed E-state index contributed by atoms with van der Waals surface area (Å²) >= 11 is 6.08. The summed E-state index contributed by atoms with van der Waals surface area (Å²) in [4.78, 5) is 14.1. The molecule has 2 N–H and O–H groups in total. The second-order valence-corrected chi connectivity index (χ2v) is 5.67. The van der Waals surface area contributed by atoms with Gasteiger partial charge in [-0.05, 0) is 43.9 Å². The molecule has 0 aliphatic carbocycles. The molecule has 0 saturated carbocycles. The zero-order valence-corrected chi connectivity index (χ0v) is 12.5. The van der Waals surface area contributed by atoms with Crippen molar-refractivity contribution in [2.45, 2.75) is 38.8 Å². The van der Waals surface area contributed by atoms with Crippen molar-refractivity contribution in [2.75, 3.05) is 18.4 Å². The Morgan fingerprint density at radius 2 is 2.30 bits per heavy atom. The van der Waals surface area contributed by atoms with Crippen molar-refractivity contribution in [2.24, 2.45) is 0 Å². The molecule has 1 aliphatic rings. The normalized spacial score (nSPS) is 18.9. The lowest BCUT2D eigenvalue weighted by Gasteiger charge is -2.33. The van der Waals surface area contributed by atoms with Crippen molar-refractivity contribution < 1.29 is 9.90 Å². The van der Waals surface area contributed by atoms with Crippen LogP contribution in [-0.2, 0) is 11.4 Å². The minimum atomic E-state index is -0.0387. The van der Waals surface area contributed by atoms with Gasteiger partial charge in [0.05, 0.1) is 23.9 Å². The molecule has 1 unspecified atom stereocenters. The number of aliphatic hydroxyl groups excluding tert-OH is 1. The maximum atomic E-state index is 12.2. The first kappa shape index (κ1) is 15.1. The summed E-state index contributed by atoms with van der Waals surface area (Å²) in [6.45, 7) is 3.13. The molecule has 1 saturated heterocycles. The molecule has 20 heavy (non-hydrogen) atoms. The number of likely N-dealkylation sites (tertiary alicyclic amines) is 1. The number of hydrogen-bond acceptors (Lipinski definition) is 3. The molecule has 1 aliphatic heterocycles. The molecule has 1 heterocycles. The molecule has 4 nitrogen and oxygen atoms in total. The smallest absolute Gasteiger partial charge is 0.242 e. The van der Waals surface area contributed by atoms with Crippen LogP contribution in [0.4, 0.5) is 5.69 Å². The van der Waals surface area contributed by atoms with E-state index in [0.717, 1.165) is 24.9 Å². The van der Waals surface area contributed by atoms with Crippen molar-refractivity contribution in [1.82, 2.24) is 4.90 Å². The number of rotatable bonds is 4. The molecule has 0 aromatic heterocycles. The predicted octanol–water partition coefficient (Wildman–Crippen LogP) is 2.65. The van der Waals surface area contributed by atoms with Gasteiger partial charge >= 0.3 is 0 Å². The van der Waals surface area contributed by atoms with E-state index >= 15 is 0 Å². The molecule has 1 fully saturated rings. The highest BCUT2D eigenvalue weighted by Gasteiger charge is 2.22. The highest BCUT2D eigenvalue weighted by molar-refractivity contribution is 6.33. The second kappa shape index (κ2) is 6.95. The predicted molar refractivity (Wildman–Crippen MR) is 80.9 cm³/mol. The third-order valence-corrected chi connectivity index (χ3v) is 4.10. The largest absolute Gasteiger partial charge is 0.392 e. The van der Waals surface area contributed by atoms with E-state index in [2.05, 4.69) is 12.2 Å². The first-order valence-electron chi connectivity index (χ1n) is 7.04. The zero-order chi connectivity index (χ0) is 14.5. The highest BCUT2D eigenvalue weighted by atomic mass is 35.5. The molecule has 110 valence electrons. The van der Waals surface area contributed by atoms with Crippen molar-refractivity contribution >= 4 is 23.2 Å². The number of carbonyl (C=O) groups is 1. The second-order valence-electron chi connectivity index (χ2n) is 5.26. The number of halogens is 1. The summed E-state index contributed by atoms with van der Waals surface area (Å²) in [5.74, 6) is 0.0997. The van der Waals surface area contributed by atoms with Gasteiger partial charge in [-0.3, -0.25) is 4.79 Å². The maximum Gasteiger partial charge on any atom is 0.242 e. The summed E-state index contributed by atoms with van der Waals surface area (Å²) in [6, 6.07) is 5.58. The number of benzene rings is 1. The number of nitrogens with zero attached hydrogens (tertiary/aromatic N) is 1. The van der Waals surface area contributed by atoms with Crippen LogP contribution in [0.1, 0.15) is 31.7 Å². The van der Waals surface area contributed by atoms with Gasteiger partial charge in [0.15, 0.2) is 0 Å². The Balaban J connectivity index is 1.96. The van der Waals surface area contributed by atoms with E-state index in [0.29, 0.717) is 16.8 Å². The Kier molecular flexibility index (Phi) is 5.26. The Hall–Kier alpha value is -1.26. The topological polar surface area (TPSA) is 52.6 Å². The SMILES string of the molecule is CC1CCCCN1C(=O)CNc1cc(CO)ccc1Cl. The first-order chi connectivity index (χ1) is 9.61. The summed E-state index contributed by atoms with van der Waals surface area (Å²) in [6.07, 6.45) is 3.35. The maximum absolute atomic E-state index is 12.2. The third kappa shape index (κ3) is 3.64. The number of carbonyl (C=O) groups excluding carboxylic acids is 1. The van der Waals surface area contributed by atoms with Gasteiger partial charge in [0.25, 0.3) is 0 Å². The van der Waals surface area contributed by atoms with Gasteiger partial charge in [0, 0.05) is 12.6 Å². The molecule has 1 aromatic rings. The van der Waals surface area contributed by atoms with Crippen molar-refractivity contribution in [1.29, 1.82) is 0 Å². The van der Waals surface area contributed by atoms with Gasteiger partial charge in [-0.15, -0.1) is 0 Å². The standard InChI is InChI=1S/C15H21ClN2O2/c1-11-4-2-3-7-18(11)15(20)9-17-14-8-12(10-19)5-6-13(14)16/h5-6,8,11,17,19H,2-4,7,9-10H2,1H3. The Bertz CT molecular complexity index is 479. The quantitative estimate of drug-likeness (QED) is 0.898. The highest BCUT2D eigenvalue weighted by Crippen LogP contribution is 2.23. The molecule has 0 radical (unpaired) electrons. The van der Waals surface area contributed by atoms with E-state index in [1.54, 1.807) is 18.2 Å². The van der Waals surface area contributed by atoms with E-state index in [-0.39, 0.29) is 19.1 Å². The average molecular weight is 297 g/mol. The summed E-state index contributed by atoms with van der Waals surface area (Å²) in [5.41, 5.74) is 1.46. The summed E-state index contributed by atoms with van der Waals surface area (Å²) < 4.78 is 0. The average Bonchev–Trinajstić information content (AvgIpc) is 2.46. The van der Waals surface area contributed by atoms with Crippen LogP contribution in [0.5, 0.6) is 0 Å². The Labute approximate surface area is 124 Å². The van der Waals surface area contributed by atoms with Gasteiger partial charge in [-0.25, -0.2) is 0 Å². The van der Waals surface area contributed by atoms with Crippen LogP contribution in [-0.4, -0.2) is 35.0 Å². The molecular weight excluding hydrogens is 276 g/mol. The van der Waals surface area contributed by atoms with Crippen LogP contribution >= 0.6 is 11.6 Å². The van der Waals surface area contributed by atoms with Crippen LogP contribution < -0.4 is 5.32 Å². The number of amides is 1. The molecule has 1 aromatic carbocycles. The van der Waals surface area contributed by atoms with Gasteiger partial charge in [0.2, 0.25) is 5.91 Å². The molecule has 0 spiro atoms. The lowest BCUT2D eigenvalue weighted by molar-refractivity contribution is -0.132. The lowest BCUT2D eigenvalue weighted by Crippen LogP contribution is -2.44. The number of anilines is 1. The van der Waals surface area contributed by atoms with Gasteiger partial charge in [0.1, 0.15) is 0 Å². The fraction of sp³-hybridized carbons (Fsp3) is 0.533. The number of nitrogens with one attached hydrogen (secondary N) is 1. The lowest BCUT2D eigenvalue weighted by atomic mass is 10.0. The Morgan fingerprint density at radius 3 is 3.00 bits per heavy atom. The number of aliphatic hydroxyl groups is 1. The van der Waals surface area contributed by atoms with Crippen molar-refractivity contribution in [3.63, 3.8) is 0 Å². The van der Waals surface area contributed by atoms with E-state index in [4.69, 9.17) is 16.7 Å². The van der Waals surface area contributed by atoms with Gasteiger partial charge in [-0.1, -0.05) is 17.7 Å². The van der Waals surface area contributed by atoms with Crippen molar-refractivity contribution in [3.8, 4) is 0 Å². The molecule has 1 amide bonds. The Morgan fingerprint density at radius 1 is 1.50 bits per heavy atom. The fourth-order valence-electron chi connectivity index (χ4n) is 2.55. The van der Waals surface area contributed by atoms with Crippen LogP contribution in [0.15, 0.2) is 18.2 Å². The number of piperidine rings is 1. The minimum absolute atomic E-state index is 0.0387. The van der Waals surface area contributed by atoms with E-state index in [1.165, 1.54) is 6.42 Å². The number of hydrogen-bond donors (Lipinski definition) is 2. The zero-order valence-electron chi connectivity index (χ0n) is 11.7. The van der Waals surface area contributed by atoms with E-state index in [9.17, 15) is 4.79 Å².